The van der Waals surface area contributed by atoms with Gasteiger partial charge in [-0.1, -0.05) is 5.16 Å². The minimum absolute atomic E-state index is 0.210. The van der Waals surface area contributed by atoms with Crippen molar-refractivity contribution < 1.29 is 18.8 Å². The van der Waals surface area contributed by atoms with Crippen molar-refractivity contribution in [1.29, 1.82) is 0 Å². The number of piperidine rings is 1. The van der Waals surface area contributed by atoms with Crippen LogP contribution in [-0.4, -0.2) is 42.1 Å². The Kier molecular flexibility index (Phi) is 3.64. The predicted molar refractivity (Wildman–Crippen MR) is 61.9 cm³/mol. The van der Waals surface area contributed by atoms with E-state index < -0.39 is 0 Å². The highest BCUT2D eigenvalue weighted by Gasteiger charge is 2.31. The van der Waals surface area contributed by atoms with Gasteiger partial charge in [-0.3, -0.25) is 9.59 Å². The van der Waals surface area contributed by atoms with Gasteiger partial charge in [-0.25, -0.2) is 0 Å². The largest absolute Gasteiger partial charge is 0.469 e. The fourth-order valence-corrected chi connectivity index (χ4v) is 2.16. The Bertz CT molecular complexity index is 455. The van der Waals surface area contributed by atoms with Crippen LogP contribution in [0.25, 0.3) is 0 Å². The average molecular weight is 252 g/mol. The van der Waals surface area contributed by atoms with Gasteiger partial charge in [0.15, 0.2) is 0 Å². The second-order valence-corrected chi connectivity index (χ2v) is 4.45. The average Bonchev–Trinajstić information content (AvgIpc) is 2.83. The zero-order valence-corrected chi connectivity index (χ0v) is 10.5. The number of hydrogen-bond acceptors (Lipinski definition) is 5. The third kappa shape index (κ3) is 2.37. The van der Waals surface area contributed by atoms with Crippen LogP contribution in [0.3, 0.4) is 0 Å². The molecule has 0 saturated carbocycles. The van der Waals surface area contributed by atoms with Gasteiger partial charge in [-0.15, -0.1) is 0 Å². The summed E-state index contributed by atoms with van der Waals surface area (Å²) in [5, 5.41) is 3.59. The molecule has 98 valence electrons. The van der Waals surface area contributed by atoms with Crippen molar-refractivity contribution >= 4 is 11.9 Å². The van der Waals surface area contributed by atoms with Gasteiger partial charge in [-0.2, -0.15) is 0 Å². The molecule has 6 nitrogen and oxygen atoms in total. The molecule has 1 aromatic heterocycles. The third-order valence-corrected chi connectivity index (χ3v) is 3.19. The molecule has 1 aliphatic rings. The van der Waals surface area contributed by atoms with Gasteiger partial charge < -0.3 is 14.2 Å². The van der Waals surface area contributed by atoms with Crippen molar-refractivity contribution in [2.24, 2.45) is 5.92 Å². The third-order valence-electron chi connectivity index (χ3n) is 3.19. The quantitative estimate of drug-likeness (QED) is 0.734. The zero-order valence-electron chi connectivity index (χ0n) is 10.5. The van der Waals surface area contributed by atoms with E-state index in [2.05, 4.69) is 5.16 Å². The van der Waals surface area contributed by atoms with E-state index in [-0.39, 0.29) is 23.6 Å². The Hall–Kier alpha value is -1.85. The molecule has 0 aromatic carbocycles. The monoisotopic (exact) mass is 252 g/mol. The predicted octanol–water partition coefficient (Wildman–Crippen LogP) is 1.01. The number of carbonyl (C=O) groups excluding carboxylic acids is 2. The molecule has 1 fully saturated rings. The Balaban J connectivity index is 2.07. The number of methoxy groups -OCH3 is 1. The topological polar surface area (TPSA) is 72.6 Å². The van der Waals surface area contributed by atoms with Gasteiger partial charge in [0.05, 0.1) is 19.2 Å². The molecule has 6 heteroatoms. The summed E-state index contributed by atoms with van der Waals surface area (Å²) >= 11 is 0. The Labute approximate surface area is 105 Å². The number of esters is 1. The van der Waals surface area contributed by atoms with Crippen LogP contribution < -0.4 is 0 Å². The van der Waals surface area contributed by atoms with Crippen LogP contribution in [0.2, 0.25) is 0 Å². The molecule has 1 aliphatic heterocycles. The first-order valence-corrected chi connectivity index (χ1v) is 5.92. The number of likely N-dealkylation sites (tertiary alicyclic amines) is 1. The van der Waals surface area contributed by atoms with Crippen molar-refractivity contribution in [3.8, 4) is 0 Å². The van der Waals surface area contributed by atoms with Gasteiger partial charge in [0.2, 0.25) is 5.76 Å². The van der Waals surface area contributed by atoms with Crippen LogP contribution in [0.4, 0.5) is 0 Å². The number of carbonyl (C=O) groups is 2. The lowest BCUT2D eigenvalue weighted by atomic mass is 9.98. The van der Waals surface area contributed by atoms with E-state index in [1.165, 1.54) is 13.3 Å². The van der Waals surface area contributed by atoms with Gasteiger partial charge in [0.25, 0.3) is 5.91 Å². The number of hydrogen-bond donors (Lipinski definition) is 0. The summed E-state index contributed by atoms with van der Waals surface area (Å²) in [6.45, 7) is 2.78. The maximum atomic E-state index is 12.2. The van der Waals surface area contributed by atoms with Gasteiger partial charge >= 0.3 is 5.97 Å². The Morgan fingerprint density at radius 2 is 2.33 bits per heavy atom. The number of ether oxygens (including phenoxy) is 1. The van der Waals surface area contributed by atoms with Crippen LogP contribution >= 0.6 is 0 Å². The molecule has 0 N–H and O–H groups in total. The molecule has 1 amide bonds. The lowest BCUT2D eigenvalue weighted by molar-refractivity contribution is -0.146. The highest BCUT2D eigenvalue weighted by molar-refractivity contribution is 5.93. The smallest absolute Gasteiger partial charge is 0.310 e. The molecule has 1 aromatic rings. The lowest BCUT2D eigenvalue weighted by Gasteiger charge is -2.30. The first kappa shape index (κ1) is 12.6. The zero-order chi connectivity index (χ0) is 13.1. The summed E-state index contributed by atoms with van der Waals surface area (Å²) in [4.78, 5) is 25.3. The summed E-state index contributed by atoms with van der Waals surface area (Å²) < 4.78 is 9.66. The normalized spacial score (nSPS) is 19.7. The van der Waals surface area contributed by atoms with Gasteiger partial charge in [0, 0.05) is 18.7 Å². The molecule has 0 aliphatic carbocycles. The fourth-order valence-electron chi connectivity index (χ4n) is 2.16. The van der Waals surface area contributed by atoms with E-state index >= 15 is 0 Å². The van der Waals surface area contributed by atoms with E-state index in [9.17, 15) is 9.59 Å². The highest BCUT2D eigenvalue weighted by Crippen LogP contribution is 2.20. The minimum atomic E-state index is -0.262. The lowest BCUT2D eigenvalue weighted by Crippen LogP contribution is -2.42. The molecule has 0 unspecified atom stereocenters. The summed E-state index contributed by atoms with van der Waals surface area (Å²) in [7, 11) is 1.36. The van der Waals surface area contributed by atoms with Crippen molar-refractivity contribution in [2.75, 3.05) is 20.2 Å². The molecule has 2 rings (SSSR count). The van der Waals surface area contributed by atoms with Crippen molar-refractivity contribution in [2.45, 2.75) is 19.8 Å². The van der Waals surface area contributed by atoms with Crippen molar-refractivity contribution in [1.82, 2.24) is 10.1 Å². The van der Waals surface area contributed by atoms with Gasteiger partial charge in [-0.05, 0) is 19.8 Å². The number of amides is 1. The van der Waals surface area contributed by atoms with E-state index in [1.54, 1.807) is 11.8 Å². The Morgan fingerprint density at radius 1 is 1.56 bits per heavy atom. The van der Waals surface area contributed by atoms with Crippen LogP contribution in [0.5, 0.6) is 0 Å². The second kappa shape index (κ2) is 5.20. The van der Waals surface area contributed by atoms with Crippen LogP contribution in [-0.2, 0) is 9.53 Å². The molecule has 2 heterocycles. The number of rotatable bonds is 2. The molecular formula is C12H16N2O4. The van der Waals surface area contributed by atoms with E-state index in [0.717, 1.165) is 12.8 Å². The van der Waals surface area contributed by atoms with Crippen LogP contribution in [0.1, 0.15) is 29.0 Å². The maximum Gasteiger partial charge on any atom is 0.310 e. The van der Waals surface area contributed by atoms with Crippen LogP contribution in [0, 0.1) is 12.8 Å². The van der Waals surface area contributed by atoms with Crippen molar-refractivity contribution in [3.63, 3.8) is 0 Å². The van der Waals surface area contributed by atoms with E-state index in [4.69, 9.17) is 9.26 Å². The number of aromatic nitrogens is 1. The van der Waals surface area contributed by atoms with Crippen molar-refractivity contribution in [3.05, 3.63) is 17.5 Å². The molecule has 0 radical (unpaired) electrons. The fraction of sp³-hybridized carbons (Fsp3) is 0.583. The molecule has 1 atom stereocenters. The first-order chi connectivity index (χ1) is 8.63. The number of nitrogens with zero attached hydrogens (tertiary/aromatic N) is 2. The second-order valence-electron chi connectivity index (χ2n) is 4.45. The molecule has 1 saturated heterocycles. The Morgan fingerprint density at radius 3 is 2.94 bits per heavy atom. The summed E-state index contributed by atoms with van der Waals surface area (Å²) in [5.74, 6) is -0.461. The molecule has 18 heavy (non-hydrogen) atoms. The number of aryl methyl sites for hydroxylation is 1. The summed E-state index contributed by atoms with van der Waals surface area (Å²) in [6.07, 6.45) is 3.06. The molecule has 0 spiro atoms. The first-order valence-electron chi connectivity index (χ1n) is 5.92. The van der Waals surface area contributed by atoms with Crippen LogP contribution in [0.15, 0.2) is 10.7 Å². The maximum absolute atomic E-state index is 12.2. The highest BCUT2D eigenvalue weighted by atomic mass is 16.5. The molecular weight excluding hydrogens is 236 g/mol. The summed E-state index contributed by atoms with van der Waals surface area (Å²) in [5.41, 5.74) is 0.709. The van der Waals surface area contributed by atoms with E-state index in [0.29, 0.717) is 18.7 Å². The summed E-state index contributed by atoms with van der Waals surface area (Å²) in [6, 6.07) is 0. The van der Waals surface area contributed by atoms with Gasteiger partial charge in [0.1, 0.15) is 0 Å². The molecule has 0 bridgehead atoms. The standard InChI is InChI=1S/C12H16N2O4/c1-8-6-13-18-10(8)11(15)14-5-3-4-9(7-14)12(16)17-2/h6,9H,3-5,7H2,1-2H3/t9-/m0/s1. The minimum Gasteiger partial charge on any atom is -0.469 e. The van der Waals surface area contributed by atoms with E-state index in [1.807, 2.05) is 0 Å². The SMILES string of the molecule is COC(=O)[C@H]1CCCN(C(=O)c2oncc2C)C1.